The monoisotopic (exact) mass is 355 g/mol. The van der Waals surface area contributed by atoms with Gasteiger partial charge >= 0.3 is 0 Å². The van der Waals surface area contributed by atoms with Crippen molar-refractivity contribution in [3.05, 3.63) is 47.6 Å². The Kier molecular flexibility index (Phi) is 4.38. The van der Waals surface area contributed by atoms with Crippen molar-refractivity contribution in [1.82, 2.24) is 20.0 Å². The molecule has 3 heterocycles. The highest BCUT2D eigenvalue weighted by Crippen LogP contribution is 2.30. The van der Waals surface area contributed by atoms with Crippen molar-refractivity contribution >= 4 is 17.4 Å². The summed E-state index contributed by atoms with van der Waals surface area (Å²) in [6.45, 7) is 3.88. The van der Waals surface area contributed by atoms with E-state index in [0.29, 0.717) is 16.7 Å². The van der Waals surface area contributed by atoms with E-state index in [2.05, 4.69) is 32.0 Å². The number of rotatable bonds is 3. The third-order valence-electron chi connectivity index (χ3n) is 4.35. The maximum atomic E-state index is 5.94. The smallest absolute Gasteiger partial charge is 0.261 e. The standard InChI is InChI=1S/C18H18ClN5O/c1-23-9-11-24(12-10-23)17-15(3-2-8-20-17)18-21-16(22-25-18)13-4-6-14(19)7-5-13/h2-8H,9-12H2,1H3. The van der Waals surface area contributed by atoms with Gasteiger partial charge < -0.3 is 14.3 Å². The molecule has 1 saturated heterocycles. The summed E-state index contributed by atoms with van der Waals surface area (Å²) in [6.07, 6.45) is 1.80. The van der Waals surface area contributed by atoms with Gasteiger partial charge in [-0.2, -0.15) is 4.98 Å². The molecule has 4 rings (SSSR count). The maximum absolute atomic E-state index is 5.94. The number of hydrogen-bond donors (Lipinski definition) is 0. The minimum Gasteiger partial charge on any atom is -0.353 e. The molecule has 0 amide bonds. The van der Waals surface area contributed by atoms with Crippen LogP contribution in [0.5, 0.6) is 0 Å². The number of anilines is 1. The van der Waals surface area contributed by atoms with Crippen LogP contribution in [0.2, 0.25) is 5.02 Å². The molecule has 0 bridgehead atoms. The molecule has 25 heavy (non-hydrogen) atoms. The van der Waals surface area contributed by atoms with Crippen LogP contribution in [0.1, 0.15) is 0 Å². The Balaban J connectivity index is 1.65. The molecule has 0 N–H and O–H groups in total. The Morgan fingerprint density at radius 1 is 1.04 bits per heavy atom. The highest BCUT2D eigenvalue weighted by molar-refractivity contribution is 6.30. The minimum atomic E-state index is 0.479. The predicted octanol–water partition coefficient (Wildman–Crippen LogP) is 3.20. The van der Waals surface area contributed by atoms with E-state index < -0.39 is 0 Å². The largest absolute Gasteiger partial charge is 0.353 e. The summed E-state index contributed by atoms with van der Waals surface area (Å²) in [6, 6.07) is 11.2. The molecule has 1 aromatic carbocycles. The average molecular weight is 356 g/mol. The van der Waals surface area contributed by atoms with Gasteiger partial charge in [0.2, 0.25) is 5.82 Å². The molecule has 1 aliphatic rings. The van der Waals surface area contributed by atoms with Crippen molar-refractivity contribution in [2.75, 3.05) is 38.1 Å². The van der Waals surface area contributed by atoms with Crippen LogP contribution in [0, 0.1) is 0 Å². The molecule has 0 radical (unpaired) electrons. The molecule has 6 nitrogen and oxygen atoms in total. The zero-order valence-electron chi connectivity index (χ0n) is 13.9. The van der Waals surface area contributed by atoms with E-state index in [-0.39, 0.29) is 0 Å². The van der Waals surface area contributed by atoms with Crippen LogP contribution >= 0.6 is 11.6 Å². The van der Waals surface area contributed by atoms with Gasteiger partial charge in [-0.1, -0.05) is 16.8 Å². The van der Waals surface area contributed by atoms with Gasteiger partial charge in [-0.05, 0) is 43.4 Å². The first kappa shape index (κ1) is 16.1. The summed E-state index contributed by atoms with van der Waals surface area (Å²) >= 11 is 5.94. The van der Waals surface area contributed by atoms with Crippen molar-refractivity contribution in [2.45, 2.75) is 0 Å². The molecule has 0 unspecified atom stereocenters. The molecular weight excluding hydrogens is 338 g/mol. The summed E-state index contributed by atoms with van der Waals surface area (Å²) in [5.41, 5.74) is 1.73. The second kappa shape index (κ2) is 6.82. The van der Waals surface area contributed by atoms with Crippen LogP contribution in [0.3, 0.4) is 0 Å². The van der Waals surface area contributed by atoms with Gasteiger partial charge in [-0.3, -0.25) is 0 Å². The van der Waals surface area contributed by atoms with Gasteiger partial charge in [-0.25, -0.2) is 4.98 Å². The summed E-state index contributed by atoms with van der Waals surface area (Å²) in [7, 11) is 2.13. The second-order valence-electron chi connectivity index (χ2n) is 6.09. The third-order valence-corrected chi connectivity index (χ3v) is 4.60. The van der Waals surface area contributed by atoms with Gasteiger partial charge in [0.05, 0.1) is 5.56 Å². The fourth-order valence-electron chi connectivity index (χ4n) is 2.88. The Hall–Kier alpha value is -2.44. The minimum absolute atomic E-state index is 0.479. The maximum Gasteiger partial charge on any atom is 0.261 e. The number of likely N-dealkylation sites (N-methyl/N-ethyl adjacent to an activating group) is 1. The van der Waals surface area contributed by atoms with Crippen LogP contribution in [0.15, 0.2) is 47.1 Å². The first-order valence-electron chi connectivity index (χ1n) is 8.19. The number of nitrogens with zero attached hydrogens (tertiary/aromatic N) is 5. The van der Waals surface area contributed by atoms with Crippen LogP contribution in [0.4, 0.5) is 5.82 Å². The summed E-state index contributed by atoms with van der Waals surface area (Å²) < 4.78 is 5.52. The fraction of sp³-hybridized carbons (Fsp3) is 0.278. The molecular formula is C18H18ClN5O. The quantitative estimate of drug-likeness (QED) is 0.719. The topological polar surface area (TPSA) is 58.3 Å². The van der Waals surface area contributed by atoms with Gasteiger partial charge in [-0.15, -0.1) is 0 Å². The molecule has 0 spiro atoms. The van der Waals surface area contributed by atoms with E-state index in [1.807, 2.05) is 36.4 Å². The molecule has 0 saturated carbocycles. The van der Waals surface area contributed by atoms with Gasteiger partial charge in [0.15, 0.2) is 0 Å². The van der Waals surface area contributed by atoms with Crippen LogP contribution in [-0.4, -0.2) is 53.3 Å². The van der Waals surface area contributed by atoms with Crippen molar-refractivity contribution in [3.63, 3.8) is 0 Å². The third kappa shape index (κ3) is 3.36. The zero-order chi connectivity index (χ0) is 17.2. The Morgan fingerprint density at radius 3 is 2.56 bits per heavy atom. The Bertz CT molecular complexity index is 856. The highest BCUT2D eigenvalue weighted by atomic mass is 35.5. The van der Waals surface area contributed by atoms with Crippen LogP contribution < -0.4 is 4.90 Å². The zero-order valence-corrected chi connectivity index (χ0v) is 14.6. The summed E-state index contributed by atoms with van der Waals surface area (Å²) in [5.74, 6) is 1.91. The number of hydrogen-bond acceptors (Lipinski definition) is 6. The van der Waals surface area contributed by atoms with Gasteiger partial charge in [0.25, 0.3) is 5.89 Å². The number of piperazine rings is 1. The lowest BCUT2D eigenvalue weighted by Gasteiger charge is -2.33. The molecule has 3 aromatic rings. The normalized spacial score (nSPS) is 15.5. The molecule has 2 aromatic heterocycles. The Morgan fingerprint density at radius 2 is 1.80 bits per heavy atom. The molecule has 0 atom stereocenters. The molecule has 1 aliphatic heterocycles. The van der Waals surface area contributed by atoms with E-state index in [4.69, 9.17) is 16.1 Å². The Labute approximate surface area is 151 Å². The van der Waals surface area contributed by atoms with Crippen molar-refractivity contribution in [2.24, 2.45) is 0 Å². The van der Waals surface area contributed by atoms with E-state index in [0.717, 1.165) is 43.1 Å². The van der Waals surface area contributed by atoms with E-state index in [9.17, 15) is 0 Å². The average Bonchev–Trinajstić information content (AvgIpc) is 3.13. The number of aromatic nitrogens is 3. The molecule has 1 fully saturated rings. The summed E-state index contributed by atoms with van der Waals surface area (Å²) in [5, 5.41) is 4.78. The fourth-order valence-corrected chi connectivity index (χ4v) is 3.01. The van der Waals surface area contributed by atoms with Crippen LogP contribution in [-0.2, 0) is 0 Å². The molecule has 128 valence electrons. The van der Waals surface area contributed by atoms with Gasteiger partial charge in [0, 0.05) is 43.0 Å². The first-order chi connectivity index (χ1) is 12.2. The van der Waals surface area contributed by atoms with Gasteiger partial charge in [0.1, 0.15) is 5.82 Å². The second-order valence-corrected chi connectivity index (χ2v) is 6.53. The van der Waals surface area contributed by atoms with E-state index >= 15 is 0 Å². The molecule has 7 heteroatoms. The lowest BCUT2D eigenvalue weighted by molar-refractivity contribution is 0.312. The van der Waals surface area contributed by atoms with Crippen LogP contribution in [0.25, 0.3) is 22.8 Å². The SMILES string of the molecule is CN1CCN(c2ncccc2-c2nc(-c3ccc(Cl)cc3)no2)CC1. The van der Waals surface area contributed by atoms with E-state index in [1.165, 1.54) is 0 Å². The lowest BCUT2D eigenvalue weighted by atomic mass is 10.2. The van der Waals surface area contributed by atoms with Crippen molar-refractivity contribution in [1.29, 1.82) is 0 Å². The summed E-state index contributed by atoms with van der Waals surface area (Å²) in [4.78, 5) is 13.7. The number of halogens is 1. The highest BCUT2D eigenvalue weighted by Gasteiger charge is 2.21. The molecule has 0 aliphatic carbocycles. The van der Waals surface area contributed by atoms with E-state index in [1.54, 1.807) is 6.20 Å². The van der Waals surface area contributed by atoms with Crippen molar-refractivity contribution in [3.8, 4) is 22.8 Å². The number of benzene rings is 1. The predicted molar refractivity (Wildman–Crippen MR) is 97.7 cm³/mol. The van der Waals surface area contributed by atoms with Crippen molar-refractivity contribution < 1.29 is 4.52 Å². The first-order valence-corrected chi connectivity index (χ1v) is 8.57. The number of pyridine rings is 1. The lowest BCUT2D eigenvalue weighted by Crippen LogP contribution is -2.45.